The van der Waals surface area contributed by atoms with Gasteiger partial charge >= 0.3 is 5.91 Å². The first-order valence-electron chi connectivity index (χ1n) is 6.29. The SMILES string of the molecule is CCn1c(=NC(=O)c2ccno2)sc2cc(C)ccc21. The van der Waals surface area contributed by atoms with Crippen molar-refractivity contribution in [3.63, 3.8) is 0 Å². The summed E-state index contributed by atoms with van der Waals surface area (Å²) in [6.45, 7) is 4.83. The number of hydrogen-bond donors (Lipinski definition) is 0. The largest absolute Gasteiger partial charge is 0.351 e. The molecule has 0 unspecified atom stereocenters. The summed E-state index contributed by atoms with van der Waals surface area (Å²) in [4.78, 5) is 16.8. The maximum absolute atomic E-state index is 12.0. The molecule has 6 heteroatoms. The fraction of sp³-hybridized carbons (Fsp3) is 0.214. The number of rotatable bonds is 2. The Morgan fingerprint density at radius 3 is 3.00 bits per heavy atom. The molecular weight excluding hydrogens is 274 g/mol. The van der Waals surface area contributed by atoms with Crippen LogP contribution in [0.1, 0.15) is 23.0 Å². The van der Waals surface area contributed by atoms with E-state index in [4.69, 9.17) is 4.52 Å². The lowest BCUT2D eigenvalue weighted by molar-refractivity contribution is 0.0962. The van der Waals surface area contributed by atoms with Gasteiger partial charge in [0.2, 0.25) is 5.76 Å². The van der Waals surface area contributed by atoms with Crippen LogP contribution in [0.3, 0.4) is 0 Å². The van der Waals surface area contributed by atoms with Crippen LogP contribution in [0.25, 0.3) is 10.2 Å². The number of carbonyl (C=O) groups excluding carboxylic acids is 1. The Balaban J connectivity index is 2.18. The van der Waals surface area contributed by atoms with Gasteiger partial charge in [-0.05, 0) is 31.5 Å². The molecule has 0 aliphatic rings. The zero-order valence-electron chi connectivity index (χ0n) is 11.2. The highest BCUT2D eigenvalue weighted by Gasteiger charge is 2.10. The minimum Gasteiger partial charge on any atom is -0.351 e. The molecule has 1 aromatic carbocycles. The third kappa shape index (κ3) is 2.18. The van der Waals surface area contributed by atoms with Crippen LogP contribution < -0.4 is 4.80 Å². The van der Waals surface area contributed by atoms with Crippen LogP contribution in [0.2, 0.25) is 0 Å². The Morgan fingerprint density at radius 2 is 2.30 bits per heavy atom. The first-order chi connectivity index (χ1) is 9.69. The lowest BCUT2D eigenvalue weighted by atomic mass is 10.2. The van der Waals surface area contributed by atoms with Crippen molar-refractivity contribution in [2.24, 2.45) is 4.99 Å². The van der Waals surface area contributed by atoms with Crippen LogP contribution in [-0.2, 0) is 6.54 Å². The van der Waals surface area contributed by atoms with Crippen LogP contribution in [0.4, 0.5) is 0 Å². The Morgan fingerprint density at radius 1 is 1.45 bits per heavy atom. The number of aromatic nitrogens is 2. The van der Waals surface area contributed by atoms with Gasteiger partial charge in [-0.25, -0.2) is 0 Å². The topological polar surface area (TPSA) is 60.4 Å². The Bertz CT molecular complexity index is 828. The zero-order valence-corrected chi connectivity index (χ0v) is 12.0. The summed E-state index contributed by atoms with van der Waals surface area (Å²) < 4.78 is 7.98. The lowest BCUT2D eigenvalue weighted by Crippen LogP contribution is -2.15. The molecule has 3 aromatic rings. The minimum atomic E-state index is -0.409. The summed E-state index contributed by atoms with van der Waals surface area (Å²) in [6.07, 6.45) is 1.44. The number of thiazole rings is 1. The summed E-state index contributed by atoms with van der Waals surface area (Å²) in [7, 11) is 0. The fourth-order valence-corrected chi connectivity index (χ4v) is 3.23. The van der Waals surface area contributed by atoms with E-state index < -0.39 is 5.91 Å². The molecule has 0 saturated carbocycles. The summed E-state index contributed by atoms with van der Waals surface area (Å²) in [5, 5.41) is 3.52. The first-order valence-corrected chi connectivity index (χ1v) is 7.10. The second-order valence-corrected chi connectivity index (χ2v) is 5.40. The van der Waals surface area contributed by atoms with E-state index in [0.717, 1.165) is 16.8 Å². The van der Waals surface area contributed by atoms with Gasteiger partial charge in [0.1, 0.15) is 0 Å². The summed E-state index contributed by atoms with van der Waals surface area (Å²) >= 11 is 1.50. The van der Waals surface area contributed by atoms with Gasteiger partial charge in [0.05, 0.1) is 16.4 Å². The average Bonchev–Trinajstić information content (AvgIpc) is 3.04. The van der Waals surface area contributed by atoms with Gasteiger partial charge in [-0.2, -0.15) is 4.99 Å². The molecule has 20 heavy (non-hydrogen) atoms. The van der Waals surface area contributed by atoms with Crippen LogP contribution in [0.15, 0.2) is 40.0 Å². The Kier molecular flexibility index (Phi) is 3.23. The van der Waals surface area contributed by atoms with Gasteiger partial charge in [0.25, 0.3) is 0 Å². The molecule has 0 saturated heterocycles. The number of aryl methyl sites for hydroxylation is 2. The van der Waals surface area contributed by atoms with E-state index in [9.17, 15) is 4.79 Å². The molecule has 0 spiro atoms. The normalized spacial score (nSPS) is 12.2. The van der Waals surface area contributed by atoms with Crippen LogP contribution in [-0.4, -0.2) is 15.6 Å². The van der Waals surface area contributed by atoms with Gasteiger partial charge < -0.3 is 9.09 Å². The van der Waals surface area contributed by atoms with Crippen molar-refractivity contribution in [1.82, 2.24) is 9.72 Å². The molecule has 3 rings (SSSR count). The quantitative estimate of drug-likeness (QED) is 0.728. The van der Waals surface area contributed by atoms with Crippen LogP contribution >= 0.6 is 11.3 Å². The van der Waals surface area contributed by atoms with E-state index in [1.807, 2.05) is 18.4 Å². The number of nitrogens with zero attached hydrogens (tertiary/aromatic N) is 3. The minimum absolute atomic E-state index is 0.154. The van der Waals surface area contributed by atoms with E-state index in [0.29, 0.717) is 4.80 Å². The molecule has 2 heterocycles. The van der Waals surface area contributed by atoms with E-state index in [-0.39, 0.29) is 5.76 Å². The first kappa shape index (κ1) is 12.8. The van der Waals surface area contributed by atoms with Gasteiger partial charge in [0, 0.05) is 12.6 Å². The van der Waals surface area contributed by atoms with Crippen molar-refractivity contribution in [3.8, 4) is 0 Å². The lowest BCUT2D eigenvalue weighted by Gasteiger charge is -1.99. The highest BCUT2D eigenvalue weighted by atomic mass is 32.1. The van der Waals surface area contributed by atoms with Crippen LogP contribution in [0.5, 0.6) is 0 Å². The molecule has 2 aromatic heterocycles. The second kappa shape index (κ2) is 5.05. The Hall–Kier alpha value is -2.21. The molecule has 0 aliphatic heterocycles. The fourth-order valence-electron chi connectivity index (χ4n) is 2.04. The Labute approximate surface area is 119 Å². The van der Waals surface area contributed by atoms with Gasteiger partial charge in [-0.1, -0.05) is 22.6 Å². The molecule has 0 bridgehead atoms. The number of fused-ring (bicyclic) bond motifs is 1. The van der Waals surface area contributed by atoms with Gasteiger partial charge in [0.15, 0.2) is 4.80 Å². The predicted molar refractivity (Wildman–Crippen MR) is 76.6 cm³/mol. The van der Waals surface area contributed by atoms with Crippen molar-refractivity contribution in [3.05, 3.63) is 46.6 Å². The number of amides is 1. The number of benzene rings is 1. The summed E-state index contributed by atoms with van der Waals surface area (Å²) in [5.41, 5.74) is 2.28. The summed E-state index contributed by atoms with van der Waals surface area (Å²) in [6, 6.07) is 7.73. The third-order valence-corrected chi connectivity index (χ3v) is 4.04. The smallest absolute Gasteiger partial charge is 0.318 e. The average molecular weight is 287 g/mol. The zero-order chi connectivity index (χ0) is 14.1. The molecule has 0 N–H and O–H groups in total. The third-order valence-electron chi connectivity index (χ3n) is 3.00. The highest BCUT2D eigenvalue weighted by Crippen LogP contribution is 2.18. The van der Waals surface area contributed by atoms with Crippen molar-refractivity contribution in [2.75, 3.05) is 0 Å². The second-order valence-electron chi connectivity index (χ2n) is 4.39. The highest BCUT2D eigenvalue weighted by molar-refractivity contribution is 7.16. The molecule has 102 valence electrons. The van der Waals surface area contributed by atoms with Crippen molar-refractivity contribution in [2.45, 2.75) is 20.4 Å². The van der Waals surface area contributed by atoms with E-state index in [1.165, 1.54) is 29.2 Å². The summed E-state index contributed by atoms with van der Waals surface area (Å²) in [5.74, 6) is -0.255. The molecule has 0 aliphatic carbocycles. The maximum atomic E-state index is 12.0. The van der Waals surface area contributed by atoms with Gasteiger partial charge in [-0.15, -0.1) is 0 Å². The van der Waals surface area contributed by atoms with Crippen molar-refractivity contribution < 1.29 is 9.32 Å². The van der Waals surface area contributed by atoms with Crippen LogP contribution in [0, 0.1) is 6.92 Å². The predicted octanol–water partition coefficient (Wildman–Crippen LogP) is 2.76. The number of hydrogen-bond acceptors (Lipinski definition) is 4. The van der Waals surface area contributed by atoms with E-state index in [2.05, 4.69) is 28.3 Å². The molecule has 0 atom stereocenters. The molecule has 5 nitrogen and oxygen atoms in total. The monoisotopic (exact) mass is 287 g/mol. The van der Waals surface area contributed by atoms with E-state index >= 15 is 0 Å². The molecule has 1 amide bonds. The van der Waals surface area contributed by atoms with Crippen molar-refractivity contribution >= 4 is 27.5 Å². The molecule has 0 fully saturated rings. The van der Waals surface area contributed by atoms with Gasteiger partial charge in [-0.3, -0.25) is 4.79 Å². The standard InChI is InChI=1S/C14H13N3O2S/c1-3-17-10-5-4-9(2)8-12(10)20-14(17)16-13(18)11-6-7-15-19-11/h4-8H,3H2,1-2H3. The van der Waals surface area contributed by atoms with Crippen molar-refractivity contribution in [1.29, 1.82) is 0 Å². The van der Waals surface area contributed by atoms with E-state index in [1.54, 1.807) is 0 Å². The molecule has 0 radical (unpaired) electrons. The molecular formula is C14H13N3O2S. The maximum Gasteiger partial charge on any atom is 0.318 e. The number of carbonyl (C=O) groups is 1.